The van der Waals surface area contributed by atoms with Crippen LogP contribution in [0.25, 0.3) is 0 Å². The van der Waals surface area contributed by atoms with Crippen LogP contribution in [0, 0.1) is 0 Å². The van der Waals surface area contributed by atoms with E-state index in [0.29, 0.717) is 38.4 Å². The SMILES string of the molecule is CCO[Si](CCC[NH3+])(OCC)O[Si](CCCCl)(OCC)OCC. The zero-order valence-electron chi connectivity index (χ0n) is 15.2. The second-order valence-electron chi connectivity index (χ2n) is 4.95. The van der Waals surface area contributed by atoms with Crippen molar-refractivity contribution in [1.29, 1.82) is 0 Å². The molecule has 0 radical (unpaired) electrons. The lowest BCUT2D eigenvalue weighted by molar-refractivity contribution is -0.367. The van der Waals surface area contributed by atoms with Gasteiger partial charge in [-0.1, -0.05) is 0 Å². The van der Waals surface area contributed by atoms with Crippen molar-refractivity contribution >= 4 is 29.2 Å². The van der Waals surface area contributed by atoms with E-state index in [0.717, 1.165) is 25.4 Å². The van der Waals surface area contributed by atoms with E-state index in [1.54, 1.807) is 0 Å². The van der Waals surface area contributed by atoms with E-state index < -0.39 is 17.6 Å². The average Bonchev–Trinajstić information content (AvgIpc) is 2.52. The van der Waals surface area contributed by atoms with Crippen molar-refractivity contribution in [3.8, 4) is 0 Å². The van der Waals surface area contributed by atoms with E-state index in [4.69, 9.17) is 33.4 Å². The highest BCUT2D eigenvalue weighted by Crippen LogP contribution is 2.28. The molecule has 9 heteroatoms. The van der Waals surface area contributed by atoms with Gasteiger partial charge >= 0.3 is 17.6 Å². The van der Waals surface area contributed by atoms with Gasteiger partial charge in [0.25, 0.3) is 0 Å². The molecule has 0 heterocycles. The number of alkyl halides is 1. The summed E-state index contributed by atoms with van der Waals surface area (Å²) in [6.45, 7) is 10.8. The molecule has 0 bridgehead atoms. The quantitative estimate of drug-likeness (QED) is 0.324. The van der Waals surface area contributed by atoms with Crippen LogP contribution in [-0.2, 0) is 21.8 Å². The molecule has 23 heavy (non-hydrogen) atoms. The maximum absolute atomic E-state index is 6.49. The minimum Gasteiger partial charge on any atom is -0.374 e. The maximum Gasteiger partial charge on any atom is 0.493 e. The van der Waals surface area contributed by atoms with Crippen molar-refractivity contribution in [1.82, 2.24) is 0 Å². The van der Waals surface area contributed by atoms with E-state index in [-0.39, 0.29) is 0 Å². The van der Waals surface area contributed by atoms with Crippen LogP contribution in [0.2, 0.25) is 12.1 Å². The zero-order valence-corrected chi connectivity index (χ0v) is 18.0. The largest absolute Gasteiger partial charge is 0.493 e. The fraction of sp³-hybridized carbons (Fsp3) is 1.00. The molecule has 0 fully saturated rings. The van der Waals surface area contributed by atoms with Crippen LogP contribution >= 0.6 is 11.6 Å². The first kappa shape index (κ1) is 23.5. The number of quaternary nitrogens is 1. The highest BCUT2D eigenvalue weighted by Gasteiger charge is 2.52. The topological polar surface area (TPSA) is 73.8 Å². The zero-order chi connectivity index (χ0) is 17.6. The average molecular weight is 389 g/mol. The summed E-state index contributed by atoms with van der Waals surface area (Å²) in [6, 6.07) is 1.41. The van der Waals surface area contributed by atoms with Crippen LogP contribution in [0.5, 0.6) is 0 Å². The number of rotatable bonds is 16. The summed E-state index contributed by atoms with van der Waals surface area (Å²) in [5.74, 6) is 0.551. The molecular formula is C14H35ClNO5Si2+. The number of hydrogen-bond acceptors (Lipinski definition) is 5. The van der Waals surface area contributed by atoms with Gasteiger partial charge in [-0.3, -0.25) is 0 Å². The van der Waals surface area contributed by atoms with Gasteiger partial charge in [0.2, 0.25) is 0 Å². The second kappa shape index (κ2) is 13.7. The van der Waals surface area contributed by atoms with E-state index in [1.807, 2.05) is 27.7 Å². The molecule has 0 saturated carbocycles. The predicted octanol–water partition coefficient (Wildman–Crippen LogP) is 2.29. The molecule has 6 nitrogen and oxygen atoms in total. The molecule has 0 aromatic rings. The molecule has 3 N–H and O–H groups in total. The van der Waals surface area contributed by atoms with E-state index in [1.165, 1.54) is 0 Å². The molecule has 0 atom stereocenters. The van der Waals surface area contributed by atoms with Gasteiger partial charge in [0.1, 0.15) is 0 Å². The normalized spacial score (nSPS) is 12.8. The molecule has 140 valence electrons. The first-order chi connectivity index (χ1) is 11.1. The maximum atomic E-state index is 6.49. The van der Waals surface area contributed by atoms with Crippen molar-refractivity contribution in [3.05, 3.63) is 0 Å². The third-order valence-corrected chi connectivity index (χ3v) is 10.7. The number of hydrogen-bond donors (Lipinski definition) is 1. The number of halogens is 1. The summed E-state index contributed by atoms with van der Waals surface area (Å²) in [4.78, 5) is 0. The third kappa shape index (κ3) is 8.94. The Kier molecular flexibility index (Phi) is 14.0. The fourth-order valence-corrected chi connectivity index (χ4v) is 10.1. The van der Waals surface area contributed by atoms with Crippen LogP contribution in [0.1, 0.15) is 40.5 Å². The molecule has 0 aliphatic rings. The molecule has 0 spiro atoms. The molecule has 0 saturated heterocycles. The Morgan fingerprint density at radius 1 is 0.739 bits per heavy atom. The van der Waals surface area contributed by atoms with Gasteiger partial charge in [-0.2, -0.15) is 0 Å². The van der Waals surface area contributed by atoms with Crippen LogP contribution in [0.15, 0.2) is 0 Å². The van der Waals surface area contributed by atoms with Gasteiger partial charge in [0, 0.05) is 50.8 Å². The van der Waals surface area contributed by atoms with E-state index >= 15 is 0 Å². The van der Waals surface area contributed by atoms with E-state index in [2.05, 4.69) is 5.73 Å². The standard InChI is InChI=1S/C14H34ClNO5Si2/c1-5-17-22(18-6-2,13-9-11-15)21-23(19-7-3,20-8-4)14-10-12-16/h5-14,16H2,1-4H3/p+1. The van der Waals surface area contributed by atoms with Gasteiger partial charge in [-0.05, 0) is 34.1 Å². The van der Waals surface area contributed by atoms with Crippen LogP contribution in [0.3, 0.4) is 0 Å². The smallest absolute Gasteiger partial charge is 0.374 e. The van der Waals surface area contributed by atoms with Gasteiger partial charge in [-0.25, -0.2) is 0 Å². The van der Waals surface area contributed by atoms with Crippen molar-refractivity contribution in [2.45, 2.75) is 52.6 Å². The Hall–Kier alpha value is 0.484. The molecule has 0 aromatic carbocycles. The lowest BCUT2D eigenvalue weighted by Gasteiger charge is -2.38. The van der Waals surface area contributed by atoms with Crippen LogP contribution in [0.4, 0.5) is 0 Å². The molecule has 0 rings (SSSR count). The lowest BCUT2D eigenvalue weighted by Crippen LogP contribution is -2.60. The Bertz CT molecular complexity index is 252. The van der Waals surface area contributed by atoms with E-state index in [9.17, 15) is 0 Å². The van der Waals surface area contributed by atoms with Crippen molar-refractivity contribution < 1.29 is 27.6 Å². The molecule has 0 aliphatic carbocycles. The molecule has 0 unspecified atom stereocenters. The minimum absolute atomic E-state index is 0.534. The highest BCUT2D eigenvalue weighted by molar-refractivity contribution is 6.75. The Labute approximate surface area is 148 Å². The first-order valence-electron chi connectivity index (χ1n) is 8.68. The minimum atomic E-state index is -2.87. The Morgan fingerprint density at radius 2 is 1.13 bits per heavy atom. The lowest BCUT2D eigenvalue weighted by atomic mass is 10.5. The van der Waals surface area contributed by atoms with Crippen LogP contribution in [-0.4, -0.2) is 56.5 Å². The monoisotopic (exact) mass is 388 g/mol. The van der Waals surface area contributed by atoms with Crippen molar-refractivity contribution in [2.24, 2.45) is 0 Å². The first-order valence-corrected chi connectivity index (χ1v) is 13.1. The van der Waals surface area contributed by atoms with Gasteiger partial charge in [-0.15, -0.1) is 11.6 Å². The predicted molar refractivity (Wildman–Crippen MR) is 96.4 cm³/mol. The van der Waals surface area contributed by atoms with Gasteiger partial charge in [0.05, 0.1) is 6.54 Å². The molecular weight excluding hydrogens is 354 g/mol. The summed E-state index contributed by atoms with van der Waals surface area (Å²) >= 11 is 5.88. The third-order valence-electron chi connectivity index (χ3n) is 3.12. The van der Waals surface area contributed by atoms with Gasteiger partial charge in [0.15, 0.2) is 0 Å². The summed E-state index contributed by atoms with van der Waals surface area (Å²) in [6.07, 6.45) is 1.68. The fourth-order valence-electron chi connectivity index (χ4n) is 2.33. The van der Waals surface area contributed by atoms with Crippen LogP contribution < -0.4 is 5.73 Å². The Morgan fingerprint density at radius 3 is 1.43 bits per heavy atom. The summed E-state index contributed by atoms with van der Waals surface area (Å²) < 4.78 is 30.5. The molecule has 0 aromatic heterocycles. The summed E-state index contributed by atoms with van der Waals surface area (Å²) in [5, 5.41) is 0. The summed E-state index contributed by atoms with van der Waals surface area (Å²) in [7, 11) is -5.72. The Balaban J connectivity index is 5.39. The second-order valence-corrected chi connectivity index (χ2v) is 11.0. The highest BCUT2D eigenvalue weighted by atomic mass is 35.5. The van der Waals surface area contributed by atoms with Crippen molar-refractivity contribution in [2.75, 3.05) is 38.9 Å². The molecule has 0 aliphatic heterocycles. The van der Waals surface area contributed by atoms with Crippen molar-refractivity contribution in [3.63, 3.8) is 0 Å². The van der Waals surface area contributed by atoms with Gasteiger partial charge < -0.3 is 27.6 Å². The summed E-state index contributed by atoms with van der Waals surface area (Å²) in [5.41, 5.74) is 3.91. The molecule has 0 amide bonds.